The zero-order chi connectivity index (χ0) is 19.9. The van der Waals surface area contributed by atoms with Crippen LogP contribution in [0.4, 0.5) is 0 Å². The van der Waals surface area contributed by atoms with Crippen LogP contribution in [0.5, 0.6) is 0 Å². The molecule has 4 heteroatoms. The Morgan fingerprint density at radius 2 is 1.89 bits per heavy atom. The highest BCUT2D eigenvalue weighted by Crippen LogP contribution is 2.44. The van der Waals surface area contributed by atoms with Gasteiger partial charge in [-0.15, -0.1) is 24.0 Å². The second kappa shape index (κ2) is 7.31. The number of fused-ring (bicyclic) bond motifs is 1. The van der Waals surface area contributed by atoms with E-state index in [0.717, 1.165) is 10.5 Å². The Hall–Kier alpha value is -1.80. The first-order valence-electron chi connectivity index (χ1n) is 9.11. The highest BCUT2D eigenvalue weighted by atomic mass is 32.1. The molecule has 0 fully saturated rings. The van der Waals surface area contributed by atoms with Crippen LogP contribution in [0.2, 0.25) is 13.1 Å². The van der Waals surface area contributed by atoms with Crippen LogP contribution in [0.25, 0.3) is 5.57 Å². The Bertz CT molecular complexity index is 1050. The average molecular weight is 408 g/mol. The zero-order valence-electron chi connectivity index (χ0n) is 16.8. The van der Waals surface area contributed by atoms with E-state index >= 15 is 0 Å². The first-order valence-corrected chi connectivity index (χ1v) is 13.4. The predicted molar refractivity (Wildman–Crippen MR) is 125 cm³/mol. The zero-order valence-corrected chi connectivity index (χ0v) is 19.5. The van der Waals surface area contributed by atoms with Crippen LogP contribution in [0.1, 0.15) is 40.3 Å². The lowest BCUT2D eigenvalue weighted by molar-refractivity contribution is 1.47. The van der Waals surface area contributed by atoms with Gasteiger partial charge in [-0.2, -0.15) is 5.26 Å². The van der Waals surface area contributed by atoms with Crippen molar-refractivity contribution in [3.05, 3.63) is 78.5 Å². The van der Waals surface area contributed by atoms with Crippen molar-refractivity contribution >= 4 is 42.8 Å². The van der Waals surface area contributed by atoms with Gasteiger partial charge in [-0.1, -0.05) is 25.2 Å². The number of thiol groups is 1. The fraction of sp³-hybridized carbons (Fsp3) is 0.261. The van der Waals surface area contributed by atoms with Crippen molar-refractivity contribution in [1.29, 1.82) is 5.26 Å². The molecule has 1 aliphatic rings. The summed E-state index contributed by atoms with van der Waals surface area (Å²) in [6, 6.07) is 10.9. The van der Waals surface area contributed by atoms with Crippen LogP contribution in [-0.2, 0) is 0 Å². The monoisotopic (exact) mass is 407 g/mol. The van der Waals surface area contributed by atoms with Gasteiger partial charge in [-0.05, 0) is 89.5 Å². The summed E-state index contributed by atoms with van der Waals surface area (Å²) >= 11 is 6.40. The fourth-order valence-corrected chi connectivity index (χ4v) is 8.69. The molecule has 2 heterocycles. The first-order chi connectivity index (χ1) is 12.7. The van der Waals surface area contributed by atoms with E-state index in [4.69, 9.17) is 0 Å². The maximum atomic E-state index is 9.43. The minimum absolute atomic E-state index is 0.746. The van der Waals surface area contributed by atoms with Crippen molar-refractivity contribution in [1.82, 2.24) is 0 Å². The molecule has 0 atom stereocenters. The number of hydrogen-bond acceptors (Lipinski definition) is 3. The topological polar surface area (TPSA) is 23.8 Å². The molecule has 27 heavy (non-hydrogen) atoms. The fourth-order valence-electron chi connectivity index (χ4n) is 4.12. The first kappa shape index (κ1) is 19.9. The smallest absolute Gasteiger partial charge is 0.114 e. The third-order valence-corrected chi connectivity index (χ3v) is 9.88. The quantitative estimate of drug-likeness (QED) is 0.361. The molecule has 1 nitrogen and oxygen atoms in total. The summed E-state index contributed by atoms with van der Waals surface area (Å²) < 4.78 is 0. The molecule has 0 saturated heterocycles. The van der Waals surface area contributed by atoms with E-state index in [-0.39, 0.29) is 0 Å². The van der Waals surface area contributed by atoms with Crippen LogP contribution in [-0.4, -0.2) is 8.07 Å². The second-order valence-corrected chi connectivity index (χ2v) is 14.1. The van der Waals surface area contributed by atoms with Gasteiger partial charge in [-0.25, -0.2) is 0 Å². The minimum atomic E-state index is -1.96. The van der Waals surface area contributed by atoms with E-state index in [2.05, 4.69) is 82.9 Å². The standard InChI is InChI=1S/C23H25NS2Si/c1-7-18(10-14(2)25)23-22(20-11-15(3)26-16(20)4)19-9-8-17(13-24)12-21(19)27(23,5)6/h7-12,25H,1-6H3/b14-10-,18-7-. The van der Waals surface area contributed by atoms with Crippen molar-refractivity contribution < 1.29 is 0 Å². The van der Waals surface area contributed by atoms with Gasteiger partial charge in [0.25, 0.3) is 0 Å². The third kappa shape index (κ3) is 3.40. The van der Waals surface area contributed by atoms with E-state index in [1.54, 1.807) is 0 Å². The largest absolute Gasteiger partial charge is 0.192 e. The van der Waals surface area contributed by atoms with Gasteiger partial charge in [0.15, 0.2) is 0 Å². The molecule has 0 saturated carbocycles. The van der Waals surface area contributed by atoms with Crippen LogP contribution in [0.3, 0.4) is 0 Å². The van der Waals surface area contributed by atoms with Gasteiger partial charge in [0, 0.05) is 9.75 Å². The van der Waals surface area contributed by atoms with E-state index < -0.39 is 8.07 Å². The van der Waals surface area contributed by atoms with Crippen molar-refractivity contribution in [2.24, 2.45) is 0 Å². The number of hydrogen-bond donors (Lipinski definition) is 1. The number of nitriles is 1. The summed E-state index contributed by atoms with van der Waals surface area (Å²) in [6.07, 6.45) is 4.38. The van der Waals surface area contributed by atoms with Crippen molar-refractivity contribution in [2.45, 2.75) is 40.8 Å². The van der Waals surface area contributed by atoms with Crippen LogP contribution >= 0.6 is 24.0 Å². The molecule has 3 rings (SSSR count). The highest BCUT2D eigenvalue weighted by Gasteiger charge is 2.41. The normalized spacial score (nSPS) is 16.5. The van der Waals surface area contributed by atoms with E-state index in [9.17, 15) is 5.26 Å². The second-order valence-electron chi connectivity index (χ2n) is 7.60. The molecule has 2 aromatic rings. The van der Waals surface area contributed by atoms with Crippen LogP contribution in [0, 0.1) is 25.2 Å². The van der Waals surface area contributed by atoms with Crippen LogP contribution < -0.4 is 5.19 Å². The molecule has 0 spiro atoms. The Kier molecular flexibility index (Phi) is 5.40. The molecule has 0 aliphatic carbocycles. The van der Waals surface area contributed by atoms with Crippen LogP contribution in [0.15, 0.2) is 52.1 Å². The molecule has 0 radical (unpaired) electrons. The van der Waals surface area contributed by atoms with Gasteiger partial charge < -0.3 is 0 Å². The molecule has 0 bridgehead atoms. The van der Waals surface area contributed by atoms with Crippen molar-refractivity contribution in [3.63, 3.8) is 0 Å². The van der Waals surface area contributed by atoms with Gasteiger partial charge in [0.1, 0.15) is 8.07 Å². The number of rotatable bonds is 3. The summed E-state index contributed by atoms with van der Waals surface area (Å²) in [7, 11) is -1.96. The summed E-state index contributed by atoms with van der Waals surface area (Å²) in [6.45, 7) is 13.3. The molecular weight excluding hydrogens is 382 g/mol. The maximum Gasteiger partial charge on any atom is 0.114 e. The molecule has 138 valence electrons. The minimum Gasteiger partial charge on any atom is -0.192 e. The molecule has 1 aliphatic heterocycles. The maximum absolute atomic E-state index is 9.43. The Morgan fingerprint density at radius 3 is 2.41 bits per heavy atom. The van der Waals surface area contributed by atoms with Crippen molar-refractivity contribution in [3.8, 4) is 6.07 Å². The number of nitrogens with zero attached hydrogens (tertiary/aromatic N) is 1. The lowest BCUT2D eigenvalue weighted by Crippen LogP contribution is -2.42. The van der Waals surface area contributed by atoms with E-state index in [1.165, 1.54) is 42.4 Å². The number of thiophene rings is 1. The van der Waals surface area contributed by atoms with E-state index in [1.807, 2.05) is 24.3 Å². The van der Waals surface area contributed by atoms with Gasteiger partial charge in [0.2, 0.25) is 0 Å². The predicted octanol–water partition coefficient (Wildman–Crippen LogP) is 6.29. The molecule has 0 unspecified atom stereocenters. The lowest BCUT2D eigenvalue weighted by atomic mass is 9.95. The van der Waals surface area contributed by atoms with E-state index in [0.29, 0.717) is 0 Å². The highest BCUT2D eigenvalue weighted by molar-refractivity contribution is 7.84. The number of benzene rings is 1. The Balaban J connectivity index is 2.43. The number of allylic oxidation sites excluding steroid dienone is 5. The molecule has 0 N–H and O–H groups in total. The Labute approximate surface area is 173 Å². The summed E-state index contributed by atoms with van der Waals surface area (Å²) in [4.78, 5) is 3.69. The molecule has 0 amide bonds. The molecular formula is C23H25NS2Si. The number of aryl methyl sites for hydroxylation is 2. The lowest BCUT2D eigenvalue weighted by Gasteiger charge is -2.24. The molecule has 1 aromatic heterocycles. The van der Waals surface area contributed by atoms with Gasteiger partial charge in [0.05, 0.1) is 11.6 Å². The third-order valence-electron chi connectivity index (χ3n) is 5.24. The summed E-state index contributed by atoms with van der Waals surface area (Å²) in [5.74, 6) is 0. The summed E-state index contributed by atoms with van der Waals surface area (Å²) in [5, 5.41) is 12.2. The Morgan fingerprint density at radius 1 is 1.19 bits per heavy atom. The van der Waals surface area contributed by atoms with Gasteiger partial charge in [-0.3, -0.25) is 0 Å². The average Bonchev–Trinajstić information content (AvgIpc) is 3.05. The summed E-state index contributed by atoms with van der Waals surface area (Å²) in [5.41, 5.74) is 5.99. The molecule has 1 aromatic carbocycles. The SMILES string of the molecule is C/C=C(/C=C(/C)S)C1=C(c2cc(C)sc2C)c2ccc(C#N)cc2[Si]1(C)C. The van der Waals surface area contributed by atoms with Crippen molar-refractivity contribution in [2.75, 3.05) is 0 Å². The van der Waals surface area contributed by atoms with Gasteiger partial charge >= 0.3 is 0 Å².